The molecule has 0 aliphatic carbocycles. The molecule has 2 aromatic rings. The highest BCUT2D eigenvalue weighted by atomic mass is 14.7. The van der Waals surface area contributed by atoms with Gasteiger partial charge in [0.05, 0.1) is 5.69 Å². The molecule has 0 radical (unpaired) electrons. The van der Waals surface area contributed by atoms with Gasteiger partial charge in [-0.3, -0.25) is 4.98 Å². The number of benzene rings is 1. The van der Waals surface area contributed by atoms with Crippen molar-refractivity contribution in [2.45, 2.75) is 13.8 Å². The molecule has 16 heavy (non-hydrogen) atoms. The topological polar surface area (TPSA) is 12.9 Å². The van der Waals surface area contributed by atoms with Gasteiger partial charge in [0.25, 0.3) is 0 Å². The molecule has 0 fully saturated rings. The zero-order chi connectivity index (χ0) is 11.4. The van der Waals surface area contributed by atoms with E-state index >= 15 is 0 Å². The van der Waals surface area contributed by atoms with Crippen molar-refractivity contribution < 1.29 is 0 Å². The standard InChI is InChI=1S/C15H15N/c1-3-12(2)14-10-7-11-16-15(14)13-8-5-4-6-9-13/h3-11H,1-2H3/b12-3+. The molecule has 0 atom stereocenters. The molecule has 0 aliphatic rings. The van der Waals surface area contributed by atoms with Crippen LogP contribution in [0.1, 0.15) is 19.4 Å². The minimum atomic E-state index is 1.05. The predicted molar refractivity (Wildman–Crippen MR) is 69.0 cm³/mol. The third-order valence-electron chi connectivity index (χ3n) is 2.71. The fourth-order valence-corrected chi connectivity index (χ4v) is 1.71. The van der Waals surface area contributed by atoms with Gasteiger partial charge in [-0.05, 0) is 25.5 Å². The number of nitrogens with zero attached hydrogens (tertiary/aromatic N) is 1. The van der Waals surface area contributed by atoms with E-state index in [0.29, 0.717) is 0 Å². The Kier molecular flexibility index (Phi) is 3.16. The summed E-state index contributed by atoms with van der Waals surface area (Å²) in [6.45, 7) is 4.17. The summed E-state index contributed by atoms with van der Waals surface area (Å²) in [5.41, 5.74) is 4.68. The summed E-state index contributed by atoms with van der Waals surface area (Å²) in [4.78, 5) is 4.48. The van der Waals surface area contributed by atoms with Crippen molar-refractivity contribution in [1.82, 2.24) is 4.98 Å². The first-order valence-electron chi connectivity index (χ1n) is 5.46. The number of pyridine rings is 1. The lowest BCUT2D eigenvalue weighted by Crippen LogP contribution is -1.90. The van der Waals surface area contributed by atoms with Crippen molar-refractivity contribution in [1.29, 1.82) is 0 Å². The lowest BCUT2D eigenvalue weighted by atomic mass is 10.0. The van der Waals surface area contributed by atoms with Crippen molar-refractivity contribution >= 4 is 5.57 Å². The molecular formula is C15H15N. The summed E-state index contributed by atoms with van der Waals surface area (Å²) in [5, 5.41) is 0. The minimum absolute atomic E-state index is 1.05. The van der Waals surface area contributed by atoms with Gasteiger partial charge in [-0.2, -0.15) is 0 Å². The normalized spacial score (nSPS) is 11.5. The van der Waals surface area contributed by atoms with Crippen LogP contribution in [0.25, 0.3) is 16.8 Å². The van der Waals surface area contributed by atoms with E-state index in [1.54, 1.807) is 0 Å². The van der Waals surface area contributed by atoms with Gasteiger partial charge in [-0.15, -0.1) is 0 Å². The summed E-state index contributed by atoms with van der Waals surface area (Å²) in [6.07, 6.45) is 3.96. The quantitative estimate of drug-likeness (QED) is 0.723. The summed E-state index contributed by atoms with van der Waals surface area (Å²) < 4.78 is 0. The first-order valence-corrected chi connectivity index (χ1v) is 5.46. The number of allylic oxidation sites excluding steroid dienone is 2. The van der Waals surface area contributed by atoms with Crippen molar-refractivity contribution in [2.75, 3.05) is 0 Å². The zero-order valence-corrected chi connectivity index (χ0v) is 9.64. The number of hydrogen-bond acceptors (Lipinski definition) is 1. The third-order valence-corrected chi connectivity index (χ3v) is 2.71. The van der Waals surface area contributed by atoms with Crippen LogP contribution in [-0.4, -0.2) is 4.98 Å². The molecule has 0 saturated heterocycles. The summed E-state index contributed by atoms with van der Waals surface area (Å²) in [7, 11) is 0. The Labute approximate surface area is 96.5 Å². The van der Waals surface area contributed by atoms with E-state index in [9.17, 15) is 0 Å². The van der Waals surface area contributed by atoms with E-state index in [-0.39, 0.29) is 0 Å². The Morgan fingerprint density at radius 1 is 1.06 bits per heavy atom. The third kappa shape index (κ3) is 2.03. The fourth-order valence-electron chi connectivity index (χ4n) is 1.71. The van der Waals surface area contributed by atoms with E-state index in [4.69, 9.17) is 0 Å². The fraction of sp³-hybridized carbons (Fsp3) is 0.133. The number of rotatable bonds is 2. The van der Waals surface area contributed by atoms with E-state index in [2.05, 4.69) is 43.1 Å². The van der Waals surface area contributed by atoms with Gasteiger partial charge in [0, 0.05) is 17.3 Å². The van der Waals surface area contributed by atoms with Gasteiger partial charge in [-0.25, -0.2) is 0 Å². The lowest BCUT2D eigenvalue weighted by molar-refractivity contribution is 1.30. The van der Waals surface area contributed by atoms with Gasteiger partial charge in [0.2, 0.25) is 0 Å². The first kappa shape index (κ1) is 10.6. The zero-order valence-electron chi connectivity index (χ0n) is 9.64. The largest absolute Gasteiger partial charge is 0.256 e. The molecule has 1 heteroatoms. The molecule has 0 spiro atoms. The van der Waals surface area contributed by atoms with Crippen LogP contribution >= 0.6 is 0 Å². The van der Waals surface area contributed by atoms with Crippen molar-refractivity contribution in [3.05, 3.63) is 60.3 Å². The molecule has 1 nitrogen and oxygen atoms in total. The lowest BCUT2D eigenvalue weighted by Gasteiger charge is -2.08. The smallest absolute Gasteiger partial charge is 0.0776 e. The molecule has 0 bridgehead atoms. The maximum Gasteiger partial charge on any atom is 0.0776 e. The van der Waals surface area contributed by atoms with E-state index in [1.807, 2.05) is 30.5 Å². The molecular weight excluding hydrogens is 194 g/mol. The van der Waals surface area contributed by atoms with Gasteiger partial charge in [-0.1, -0.05) is 42.5 Å². The average Bonchev–Trinajstić information content (AvgIpc) is 2.39. The maximum atomic E-state index is 4.48. The molecule has 80 valence electrons. The number of aromatic nitrogens is 1. The van der Waals surface area contributed by atoms with E-state index in [0.717, 1.165) is 5.69 Å². The van der Waals surface area contributed by atoms with Crippen molar-refractivity contribution in [3.63, 3.8) is 0 Å². The Hall–Kier alpha value is -1.89. The van der Waals surface area contributed by atoms with Gasteiger partial charge >= 0.3 is 0 Å². The Balaban J connectivity index is 2.58. The molecule has 0 N–H and O–H groups in total. The Bertz CT molecular complexity index is 498. The number of hydrogen-bond donors (Lipinski definition) is 0. The van der Waals surface area contributed by atoms with Crippen LogP contribution in [0.3, 0.4) is 0 Å². The second-order valence-corrected chi connectivity index (χ2v) is 3.74. The Morgan fingerprint density at radius 3 is 2.50 bits per heavy atom. The van der Waals surface area contributed by atoms with Crippen LogP contribution in [0.4, 0.5) is 0 Å². The maximum absolute atomic E-state index is 4.48. The second kappa shape index (κ2) is 4.75. The van der Waals surface area contributed by atoms with Crippen molar-refractivity contribution in [2.24, 2.45) is 0 Å². The van der Waals surface area contributed by atoms with Crippen LogP contribution in [-0.2, 0) is 0 Å². The Morgan fingerprint density at radius 2 is 1.81 bits per heavy atom. The predicted octanol–water partition coefficient (Wildman–Crippen LogP) is 4.17. The second-order valence-electron chi connectivity index (χ2n) is 3.74. The minimum Gasteiger partial charge on any atom is -0.256 e. The van der Waals surface area contributed by atoms with Crippen molar-refractivity contribution in [3.8, 4) is 11.3 Å². The molecule has 0 amide bonds. The average molecular weight is 209 g/mol. The van der Waals surface area contributed by atoms with Gasteiger partial charge in [0.15, 0.2) is 0 Å². The monoisotopic (exact) mass is 209 g/mol. The summed E-state index contributed by atoms with van der Waals surface area (Å²) in [6, 6.07) is 14.4. The van der Waals surface area contributed by atoms with Crippen LogP contribution < -0.4 is 0 Å². The van der Waals surface area contributed by atoms with E-state index < -0.39 is 0 Å². The SMILES string of the molecule is C/C=C(\C)c1cccnc1-c1ccccc1. The molecule has 1 heterocycles. The molecule has 1 aromatic carbocycles. The van der Waals surface area contributed by atoms with E-state index in [1.165, 1.54) is 16.7 Å². The van der Waals surface area contributed by atoms with Gasteiger partial charge < -0.3 is 0 Å². The van der Waals surface area contributed by atoms with Crippen LogP contribution in [0.5, 0.6) is 0 Å². The van der Waals surface area contributed by atoms with Crippen LogP contribution in [0.2, 0.25) is 0 Å². The molecule has 0 unspecified atom stereocenters. The highest BCUT2D eigenvalue weighted by Crippen LogP contribution is 2.26. The first-order chi connectivity index (χ1) is 7.83. The molecule has 2 rings (SSSR count). The highest BCUT2D eigenvalue weighted by molar-refractivity contribution is 5.77. The van der Waals surface area contributed by atoms with Gasteiger partial charge in [0.1, 0.15) is 0 Å². The summed E-state index contributed by atoms with van der Waals surface area (Å²) in [5.74, 6) is 0. The van der Waals surface area contributed by atoms with Crippen LogP contribution in [0.15, 0.2) is 54.7 Å². The molecule has 0 saturated carbocycles. The van der Waals surface area contributed by atoms with Crippen LogP contribution in [0, 0.1) is 0 Å². The highest BCUT2D eigenvalue weighted by Gasteiger charge is 2.06. The molecule has 0 aliphatic heterocycles. The summed E-state index contributed by atoms with van der Waals surface area (Å²) >= 11 is 0. The molecule has 1 aromatic heterocycles.